The molecule has 3 aromatic rings. The molecule has 0 spiro atoms. The van der Waals surface area contributed by atoms with Gasteiger partial charge in [0.1, 0.15) is 12.4 Å². The van der Waals surface area contributed by atoms with Crippen molar-refractivity contribution in [3.8, 4) is 5.75 Å². The van der Waals surface area contributed by atoms with E-state index in [4.69, 9.17) is 61.7 Å². The maximum absolute atomic E-state index is 12.3. The van der Waals surface area contributed by atoms with E-state index >= 15 is 0 Å². The van der Waals surface area contributed by atoms with Crippen LogP contribution in [0.4, 0.5) is 0 Å². The van der Waals surface area contributed by atoms with E-state index in [0.717, 1.165) is 5.56 Å². The van der Waals surface area contributed by atoms with E-state index in [1.807, 2.05) is 0 Å². The Morgan fingerprint density at radius 3 is 2.30 bits per heavy atom. The Bertz CT molecular complexity index is 1120. The Labute approximate surface area is 192 Å². The molecule has 0 atom stereocenters. The van der Waals surface area contributed by atoms with Gasteiger partial charge in [0.15, 0.2) is 5.84 Å². The van der Waals surface area contributed by atoms with E-state index < -0.39 is 5.97 Å². The van der Waals surface area contributed by atoms with Crippen molar-refractivity contribution in [3.63, 3.8) is 0 Å². The summed E-state index contributed by atoms with van der Waals surface area (Å²) in [5, 5.41) is 5.31. The molecule has 0 saturated heterocycles. The predicted octanol–water partition coefficient (Wildman–Crippen LogP) is 6.36. The number of carbonyl (C=O) groups excluding carboxylic acids is 1. The largest absolute Gasteiger partial charge is 0.487 e. The van der Waals surface area contributed by atoms with Crippen LogP contribution in [0.3, 0.4) is 0 Å². The number of nitrogens with zero attached hydrogens (tertiary/aromatic N) is 1. The van der Waals surface area contributed by atoms with Crippen molar-refractivity contribution < 1.29 is 14.4 Å². The molecule has 0 aromatic heterocycles. The van der Waals surface area contributed by atoms with Crippen LogP contribution in [0.25, 0.3) is 0 Å². The first-order chi connectivity index (χ1) is 14.3. The number of nitrogens with two attached hydrogens (primary N) is 1. The minimum Gasteiger partial charge on any atom is -0.487 e. The molecule has 3 rings (SSSR count). The van der Waals surface area contributed by atoms with Gasteiger partial charge in [-0.1, -0.05) is 63.7 Å². The lowest BCUT2D eigenvalue weighted by Crippen LogP contribution is -2.16. The zero-order valence-corrected chi connectivity index (χ0v) is 18.3. The molecule has 0 amide bonds. The number of benzene rings is 3. The summed E-state index contributed by atoms with van der Waals surface area (Å²) in [6.07, 6.45) is 0. The summed E-state index contributed by atoms with van der Waals surface area (Å²) >= 11 is 23.9. The summed E-state index contributed by atoms with van der Waals surface area (Å²) in [6, 6.07) is 16.3. The highest BCUT2D eigenvalue weighted by atomic mass is 35.5. The first kappa shape index (κ1) is 22.2. The van der Waals surface area contributed by atoms with Crippen molar-refractivity contribution in [1.82, 2.24) is 0 Å². The molecule has 0 aliphatic rings. The lowest BCUT2D eigenvalue weighted by Gasteiger charge is -2.09. The maximum Gasteiger partial charge on any atom is 0.365 e. The highest BCUT2D eigenvalue weighted by Gasteiger charge is 2.11. The van der Waals surface area contributed by atoms with Crippen molar-refractivity contribution in [2.45, 2.75) is 6.61 Å². The van der Waals surface area contributed by atoms with Gasteiger partial charge in [-0.3, -0.25) is 0 Å². The average Bonchev–Trinajstić information content (AvgIpc) is 2.71. The van der Waals surface area contributed by atoms with Crippen molar-refractivity contribution in [2.24, 2.45) is 10.9 Å². The second kappa shape index (κ2) is 10.0. The summed E-state index contributed by atoms with van der Waals surface area (Å²) < 4.78 is 5.68. The number of amidine groups is 1. The van der Waals surface area contributed by atoms with Crippen molar-refractivity contribution >= 4 is 58.2 Å². The summed E-state index contributed by atoms with van der Waals surface area (Å²) in [6.45, 7) is 0.189. The summed E-state index contributed by atoms with van der Waals surface area (Å²) in [7, 11) is 0. The molecule has 0 radical (unpaired) electrons. The summed E-state index contributed by atoms with van der Waals surface area (Å²) in [5.41, 5.74) is 7.25. The minimum absolute atomic E-state index is 0.0538. The molecule has 30 heavy (non-hydrogen) atoms. The number of ether oxygens (including phenoxy) is 1. The Hall–Kier alpha value is -2.44. The van der Waals surface area contributed by atoms with Crippen LogP contribution in [0.15, 0.2) is 65.8 Å². The second-order valence-electron chi connectivity index (χ2n) is 6.04. The van der Waals surface area contributed by atoms with Crippen LogP contribution in [0.2, 0.25) is 20.1 Å². The number of hydrogen-bond acceptors (Lipinski definition) is 4. The van der Waals surface area contributed by atoms with Crippen LogP contribution in [0.5, 0.6) is 5.75 Å². The van der Waals surface area contributed by atoms with E-state index in [1.54, 1.807) is 54.6 Å². The summed E-state index contributed by atoms with van der Waals surface area (Å²) in [4.78, 5) is 17.3. The number of rotatable bonds is 6. The number of hydrogen-bond donors (Lipinski definition) is 1. The zero-order chi connectivity index (χ0) is 21.7. The van der Waals surface area contributed by atoms with Crippen molar-refractivity contribution in [1.29, 1.82) is 0 Å². The van der Waals surface area contributed by atoms with Crippen LogP contribution in [0.1, 0.15) is 21.5 Å². The number of oxime groups is 1. The number of carbonyl (C=O) groups is 1. The average molecular weight is 484 g/mol. The van der Waals surface area contributed by atoms with Crippen LogP contribution in [-0.2, 0) is 11.4 Å². The molecular weight excluding hydrogens is 470 g/mol. The highest BCUT2D eigenvalue weighted by molar-refractivity contribution is 6.37. The van der Waals surface area contributed by atoms with Crippen molar-refractivity contribution in [2.75, 3.05) is 0 Å². The highest BCUT2D eigenvalue weighted by Crippen LogP contribution is 2.28. The predicted molar refractivity (Wildman–Crippen MR) is 120 cm³/mol. The molecule has 0 aliphatic carbocycles. The molecule has 0 saturated carbocycles. The van der Waals surface area contributed by atoms with Gasteiger partial charge in [-0.25, -0.2) is 4.79 Å². The normalized spacial score (nSPS) is 11.3. The monoisotopic (exact) mass is 482 g/mol. The van der Waals surface area contributed by atoms with Crippen LogP contribution < -0.4 is 10.5 Å². The smallest absolute Gasteiger partial charge is 0.365 e. The molecular formula is C21H14Cl4N2O3. The van der Waals surface area contributed by atoms with Gasteiger partial charge in [-0.2, -0.15) is 0 Å². The molecule has 0 heterocycles. The third kappa shape index (κ3) is 5.80. The lowest BCUT2D eigenvalue weighted by molar-refractivity contribution is 0.0516. The SMILES string of the molecule is N/C(=N\OC(=O)c1cccc(COc2ccc(Cl)cc2Cl)c1)c1ccc(Cl)cc1Cl. The number of halogens is 4. The maximum atomic E-state index is 12.3. The summed E-state index contributed by atoms with van der Waals surface area (Å²) in [5.74, 6) is -0.262. The van der Waals surface area contributed by atoms with Crippen LogP contribution >= 0.6 is 46.4 Å². The molecule has 0 unspecified atom stereocenters. The van der Waals surface area contributed by atoms with Gasteiger partial charge in [0.25, 0.3) is 0 Å². The van der Waals surface area contributed by atoms with Gasteiger partial charge < -0.3 is 15.3 Å². The molecule has 3 aromatic carbocycles. The van der Waals surface area contributed by atoms with Crippen LogP contribution in [-0.4, -0.2) is 11.8 Å². The molecule has 0 bridgehead atoms. The molecule has 154 valence electrons. The standard InChI is InChI=1S/C21H14Cl4N2O3/c22-14-4-6-16(17(24)9-14)20(26)27-30-21(28)13-3-1-2-12(8-13)11-29-19-7-5-15(23)10-18(19)25/h1-10H,11H2,(H2,26,27). The Morgan fingerprint density at radius 2 is 1.60 bits per heavy atom. The molecule has 0 fully saturated rings. The Balaban J connectivity index is 1.66. The lowest BCUT2D eigenvalue weighted by atomic mass is 10.1. The first-order valence-electron chi connectivity index (χ1n) is 8.50. The van der Waals surface area contributed by atoms with Gasteiger partial charge >= 0.3 is 5.97 Å². The van der Waals surface area contributed by atoms with E-state index in [0.29, 0.717) is 31.4 Å². The van der Waals surface area contributed by atoms with Crippen LogP contribution in [0, 0.1) is 0 Å². The fraction of sp³-hybridized carbons (Fsp3) is 0.0476. The zero-order valence-electron chi connectivity index (χ0n) is 15.2. The minimum atomic E-state index is -0.686. The van der Waals surface area contributed by atoms with Gasteiger partial charge in [0.05, 0.1) is 15.6 Å². The third-order valence-corrected chi connectivity index (χ3v) is 4.96. The van der Waals surface area contributed by atoms with E-state index in [-0.39, 0.29) is 18.0 Å². The molecule has 5 nitrogen and oxygen atoms in total. The molecule has 9 heteroatoms. The molecule has 0 aliphatic heterocycles. The quantitative estimate of drug-likeness (QED) is 0.191. The Kier molecular flexibility index (Phi) is 7.45. The van der Waals surface area contributed by atoms with Crippen molar-refractivity contribution in [3.05, 3.63) is 97.4 Å². The van der Waals surface area contributed by atoms with Gasteiger partial charge in [-0.15, -0.1) is 0 Å². The van der Waals surface area contributed by atoms with Gasteiger partial charge in [0.2, 0.25) is 0 Å². The van der Waals surface area contributed by atoms with E-state index in [1.165, 1.54) is 6.07 Å². The second-order valence-corrected chi connectivity index (χ2v) is 7.73. The fourth-order valence-electron chi connectivity index (χ4n) is 2.43. The van der Waals surface area contributed by atoms with Gasteiger partial charge in [-0.05, 0) is 54.1 Å². The fourth-order valence-corrected chi connectivity index (χ4v) is 3.40. The van der Waals surface area contributed by atoms with E-state index in [9.17, 15) is 4.79 Å². The topological polar surface area (TPSA) is 73.9 Å². The first-order valence-corrected chi connectivity index (χ1v) is 10.0. The van der Waals surface area contributed by atoms with E-state index in [2.05, 4.69) is 5.16 Å². The third-order valence-electron chi connectivity index (χ3n) is 3.88. The Morgan fingerprint density at radius 1 is 0.900 bits per heavy atom. The van der Waals surface area contributed by atoms with Gasteiger partial charge in [0, 0.05) is 15.6 Å². The molecule has 2 N–H and O–H groups in total.